The molecule has 39 heavy (non-hydrogen) atoms. The molecule has 200 valence electrons. The van der Waals surface area contributed by atoms with Crippen molar-refractivity contribution in [1.82, 2.24) is 5.01 Å². The van der Waals surface area contributed by atoms with Crippen LogP contribution in [-0.2, 0) is 12.6 Å². The molecule has 3 aromatic carbocycles. The molecule has 0 amide bonds. The summed E-state index contributed by atoms with van der Waals surface area (Å²) in [6.07, 6.45) is -6.00. The predicted molar refractivity (Wildman–Crippen MR) is 132 cm³/mol. The number of nitro groups is 1. The van der Waals surface area contributed by atoms with Crippen LogP contribution in [0.5, 0.6) is 17.2 Å². The van der Waals surface area contributed by atoms with E-state index in [4.69, 9.17) is 20.1 Å². The molecule has 1 atom stereocenters. The number of ether oxygens (including phenoxy) is 3. The number of rotatable bonds is 8. The molecule has 13 heteroatoms. The third kappa shape index (κ3) is 6.25. The summed E-state index contributed by atoms with van der Waals surface area (Å²) in [5, 5.41) is 22.3. The van der Waals surface area contributed by atoms with Crippen molar-refractivity contribution in [3.05, 3.63) is 111 Å². The molecule has 0 saturated heterocycles. The van der Waals surface area contributed by atoms with Crippen molar-refractivity contribution in [2.24, 2.45) is 10.8 Å². The Labute approximate surface area is 220 Å². The summed E-state index contributed by atoms with van der Waals surface area (Å²) in [6.45, 7) is 0. The first-order chi connectivity index (χ1) is 18.6. The Hall–Kier alpha value is -5.09. The molecule has 0 aromatic heterocycles. The lowest BCUT2D eigenvalue weighted by Crippen LogP contribution is -2.49. The summed E-state index contributed by atoms with van der Waals surface area (Å²) in [7, 11) is 1.37. The lowest BCUT2D eigenvalue weighted by atomic mass is 10.1. The summed E-state index contributed by atoms with van der Waals surface area (Å²) in [5.74, 6) is 5.95. The lowest BCUT2D eigenvalue weighted by Gasteiger charge is -2.31. The minimum Gasteiger partial charge on any atom is -0.497 e. The van der Waals surface area contributed by atoms with Crippen molar-refractivity contribution < 1.29 is 32.3 Å². The van der Waals surface area contributed by atoms with E-state index >= 15 is 0 Å². The molecular formula is C26H20F3N5O5. The first kappa shape index (κ1) is 27.0. The topological polar surface area (TPSA) is 136 Å². The van der Waals surface area contributed by atoms with Gasteiger partial charge in [0.25, 0.3) is 12.2 Å². The molecule has 1 unspecified atom stereocenters. The number of benzene rings is 3. The molecule has 0 aliphatic carbocycles. The van der Waals surface area contributed by atoms with Gasteiger partial charge in [-0.05, 0) is 42.0 Å². The Morgan fingerprint density at radius 3 is 2.33 bits per heavy atom. The fraction of sp³-hybridized carbons (Fsp3) is 0.154. The number of aliphatic imine (C=N–C) groups is 1. The van der Waals surface area contributed by atoms with Gasteiger partial charge in [0.05, 0.1) is 29.2 Å². The monoisotopic (exact) mass is 539 g/mol. The quantitative estimate of drug-likeness (QED) is 0.248. The molecule has 1 heterocycles. The van der Waals surface area contributed by atoms with E-state index in [1.54, 1.807) is 30.3 Å². The second-order valence-corrected chi connectivity index (χ2v) is 8.13. The maximum atomic E-state index is 13.0. The zero-order chi connectivity index (χ0) is 28.2. The van der Waals surface area contributed by atoms with Crippen molar-refractivity contribution >= 4 is 5.71 Å². The Bertz CT molecular complexity index is 1470. The Balaban J connectivity index is 1.76. The lowest BCUT2D eigenvalue weighted by molar-refractivity contribution is -0.420. The SMILES string of the molecule is COc1cc(C#N)cc(OC2=C([N+](=O)[O-])C(Cc3ccccc3)=NC(Oc3ccc(C(F)(F)F)cc3)N2N)c1. The fourth-order valence-corrected chi connectivity index (χ4v) is 3.66. The number of nitrogens with zero attached hydrogens (tertiary/aromatic N) is 4. The van der Waals surface area contributed by atoms with Crippen molar-refractivity contribution in [3.63, 3.8) is 0 Å². The van der Waals surface area contributed by atoms with Crippen LogP contribution in [0.4, 0.5) is 13.2 Å². The number of hydrogen-bond acceptors (Lipinski definition) is 9. The van der Waals surface area contributed by atoms with Crippen LogP contribution in [0.3, 0.4) is 0 Å². The number of methoxy groups -OCH3 is 1. The Kier molecular flexibility index (Phi) is 7.68. The van der Waals surface area contributed by atoms with Crippen LogP contribution in [0.1, 0.15) is 16.7 Å². The highest BCUT2D eigenvalue weighted by atomic mass is 19.4. The van der Waals surface area contributed by atoms with E-state index in [2.05, 4.69) is 4.99 Å². The van der Waals surface area contributed by atoms with Gasteiger partial charge >= 0.3 is 11.9 Å². The highest BCUT2D eigenvalue weighted by Gasteiger charge is 2.40. The molecule has 0 bridgehead atoms. The number of nitriles is 1. The normalized spacial score (nSPS) is 15.3. The number of hydrogen-bond donors (Lipinski definition) is 1. The molecule has 1 aliphatic heterocycles. The van der Waals surface area contributed by atoms with Crippen LogP contribution in [-0.4, -0.2) is 29.1 Å². The molecule has 4 rings (SSSR count). The number of halogens is 3. The summed E-state index contributed by atoms with van der Waals surface area (Å²) < 4.78 is 55.6. The van der Waals surface area contributed by atoms with E-state index in [1.807, 2.05) is 6.07 Å². The van der Waals surface area contributed by atoms with Gasteiger partial charge < -0.3 is 14.2 Å². The standard InChI is InChI=1S/C26H20F3N5O5/c1-37-20-11-17(15-30)12-21(14-20)38-24-23(34(35)36)22(13-16-5-3-2-4-6-16)32-25(33(24)31)39-19-9-7-18(8-10-19)26(27,28)29/h2-12,14,25H,13,31H2,1H3. The molecule has 3 aromatic rings. The fourth-order valence-electron chi connectivity index (χ4n) is 3.66. The Morgan fingerprint density at radius 2 is 1.74 bits per heavy atom. The smallest absolute Gasteiger partial charge is 0.416 e. The minimum absolute atomic E-state index is 0.00458. The largest absolute Gasteiger partial charge is 0.497 e. The summed E-state index contributed by atoms with van der Waals surface area (Å²) >= 11 is 0. The number of alkyl halides is 3. The molecule has 0 radical (unpaired) electrons. The molecule has 0 saturated carbocycles. The van der Waals surface area contributed by atoms with E-state index in [1.165, 1.54) is 25.3 Å². The van der Waals surface area contributed by atoms with Gasteiger partial charge in [-0.2, -0.15) is 18.4 Å². The maximum Gasteiger partial charge on any atom is 0.416 e. The highest BCUT2D eigenvalue weighted by Crippen LogP contribution is 2.32. The van der Waals surface area contributed by atoms with E-state index in [-0.39, 0.29) is 34.9 Å². The molecule has 0 fully saturated rings. The zero-order valence-electron chi connectivity index (χ0n) is 20.3. The first-order valence-corrected chi connectivity index (χ1v) is 11.2. The van der Waals surface area contributed by atoms with Crippen molar-refractivity contribution in [3.8, 4) is 23.3 Å². The number of nitrogens with two attached hydrogens (primary N) is 1. The van der Waals surface area contributed by atoms with Crippen LogP contribution in [0.15, 0.2) is 89.4 Å². The third-order valence-corrected chi connectivity index (χ3v) is 5.49. The first-order valence-electron chi connectivity index (χ1n) is 11.2. The van der Waals surface area contributed by atoms with Crippen molar-refractivity contribution in [2.75, 3.05) is 7.11 Å². The van der Waals surface area contributed by atoms with Crippen LogP contribution in [0.2, 0.25) is 0 Å². The molecular weight excluding hydrogens is 519 g/mol. The zero-order valence-corrected chi connectivity index (χ0v) is 20.3. The second-order valence-electron chi connectivity index (χ2n) is 8.13. The van der Waals surface area contributed by atoms with Crippen LogP contribution in [0, 0.1) is 21.4 Å². The maximum absolute atomic E-state index is 13.0. The average Bonchev–Trinajstić information content (AvgIpc) is 2.91. The molecule has 10 nitrogen and oxygen atoms in total. The van der Waals surface area contributed by atoms with Gasteiger partial charge in [0.1, 0.15) is 23.0 Å². The predicted octanol–water partition coefficient (Wildman–Crippen LogP) is 4.65. The number of allylic oxidation sites excluding steroid dienone is 1. The van der Waals surface area contributed by atoms with E-state index in [0.717, 1.165) is 29.3 Å². The Morgan fingerprint density at radius 1 is 1.08 bits per heavy atom. The van der Waals surface area contributed by atoms with E-state index < -0.39 is 34.6 Å². The number of hydrazine groups is 1. The average molecular weight is 539 g/mol. The van der Waals surface area contributed by atoms with Gasteiger partial charge in [-0.3, -0.25) is 10.1 Å². The van der Waals surface area contributed by atoms with Gasteiger partial charge in [0, 0.05) is 12.5 Å². The summed E-state index contributed by atoms with van der Waals surface area (Å²) in [6, 6.07) is 18.7. The van der Waals surface area contributed by atoms with Gasteiger partial charge in [-0.25, -0.2) is 15.8 Å². The van der Waals surface area contributed by atoms with Gasteiger partial charge in [0.15, 0.2) is 0 Å². The van der Waals surface area contributed by atoms with Crippen LogP contribution in [0.25, 0.3) is 0 Å². The van der Waals surface area contributed by atoms with E-state index in [9.17, 15) is 28.5 Å². The summed E-state index contributed by atoms with van der Waals surface area (Å²) in [4.78, 5) is 15.8. The van der Waals surface area contributed by atoms with Gasteiger partial charge in [-0.1, -0.05) is 30.3 Å². The third-order valence-electron chi connectivity index (χ3n) is 5.49. The highest BCUT2D eigenvalue weighted by molar-refractivity contribution is 6.00. The van der Waals surface area contributed by atoms with Gasteiger partial charge in [0.2, 0.25) is 0 Å². The van der Waals surface area contributed by atoms with Crippen molar-refractivity contribution in [2.45, 2.75) is 18.9 Å². The molecule has 0 spiro atoms. The van der Waals surface area contributed by atoms with Gasteiger partial charge in [-0.15, -0.1) is 0 Å². The molecule has 1 aliphatic rings. The van der Waals surface area contributed by atoms with E-state index in [0.29, 0.717) is 5.56 Å². The minimum atomic E-state index is -4.55. The van der Waals surface area contributed by atoms with Crippen LogP contribution >= 0.6 is 0 Å². The van der Waals surface area contributed by atoms with Crippen molar-refractivity contribution in [1.29, 1.82) is 5.26 Å². The molecule has 2 N–H and O–H groups in total. The second kappa shape index (κ2) is 11.1. The van der Waals surface area contributed by atoms with Crippen LogP contribution < -0.4 is 20.1 Å². The summed E-state index contributed by atoms with van der Waals surface area (Å²) in [5.41, 5.74) is -0.662.